The lowest BCUT2D eigenvalue weighted by Gasteiger charge is -2.04. The fourth-order valence-electron chi connectivity index (χ4n) is 3.20. The normalized spacial score (nSPS) is 10.7. The molecular weight excluding hydrogens is 477 g/mol. The quantitative estimate of drug-likeness (QED) is 0.374. The number of aromatic amines is 2. The highest BCUT2D eigenvalue weighted by atomic mass is 35.5. The predicted octanol–water partition coefficient (Wildman–Crippen LogP) is 4.60. The van der Waals surface area contributed by atoms with E-state index in [0.29, 0.717) is 5.82 Å². The van der Waals surface area contributed by atoms with Crippen molar-refractivity contribution in [3.63, 3.8) is 0 Å². The van der Waals surface area contributed by atoms with Crippen molar-refractivity contribution in [1.29, 1.82) is 0 Å². The maximum Gasteiger partial charge on any atom is 0.214 e. The Morgan fingerprint density at radius 3 is 2.68 bits per heavy atom. The first-order chi connectivity index (χ1) is 14.4. The second-order valence-electron chi connectivity index (χ2n) is 6.18. The summed E-state index contributed by atoms with van der Waals surface area (Å²) < 4.78 is 2.06. The van der Waals surface area contributed by atoms with Crippen molar-refractivity contribution in [3.8, 4) is 43.1 Å². The second-order valence-corrected chi connectivity index (χ2v) is 8.16. The van der Waals surface area contributed by atoms with Crippen LogP contribution in [-0.4, -0.2) is 45.2 Å². The molecule has 0 aliphatic heterocycles. The largest absolute Gasteiger partial charge is 0.297 e. The molecule has 9 nitrogen and oxygen atoms in total. The van der Waals surface area contributed by atoms with Gasteiger partial charge in [-0.15, -0.1) is 57.7 Å². The zero-order chi connectivity index (χ0) is 19.2. The van der Waals surface area contributed by atoms with Crippen LogP contribution in [0.1, 0.15) is 0 Å². The number of nitrogens with zero attached hydrogens (tertiary/aromatic N) is 7. The van der Waals surface area contributed by atoms with Crippen LogP contribution in [-0.2, 0) is 0 Å². The fraction of sp³-hybridized carbons (Fsp3) is 0. The van der Waals surface area contributed by atoms with Crippen molar-refractivity contribution in [2.24, 2.45) is 0 Å². The number of H-pyrrole nitrogens is 2. The van der Waals surface area contributed by atoms with Gasteiger partial charge in [0.15, 0.2) is 0 Å². The van der Waals surface area contributed by atoms with E-state index in [9.17, 15) is 0 Å². The zero-order valence-corrected chi connectivity index (χ0v) is 18.7. The third kappa shape index (κ3) is 3.61. The Labute approximate surface area is 195 Å². The van der Waals surface area contributed by atoms with Crippen LogP contribution in [0.25, 0.3) is 48.7 Å². The van der Waals surface area contributed by atoms with Gasteiger partial charge in [-0.1, -0.05) is 0 Å². The molecule has 156 valence electrons. The van der Waals surface area contributed by atoms with E-state index in [-0.39, 0.29) is 24.8 Å². The summed E-state index contributed by atoms with van der Waals surface area (Å²) in [5.74, 6) is 0.579. The van der Waals surface area contributed by atoms with Gasteiger partial charge in [-0.05, 0) is 29.5 Å². The molecule has 6 aromatic heterocycles. The number of fused-ring (bicyclic) bond motifs is 1. The summed E-state index contributed by atoms with van der Waals surface area (Å²) in [6.45, 7) is 0. The molecule has 2 N–H and O–H groups in total. The average Bonchev–Trinajstić information content (AvgIpc) is 3.55. The molecule has 6 heterocycles. The van der Waals surface area contributed by atoms with Crippen LogP contribution < -0.4 is 0 Å². The van der Waals surface area contributed by atoms with E-state index in [1.807, 2.05) is 36.0 Å². The Hall–Kier alpha value is -3.12. The van der Waals surface area contributed by atoms with Crippen molar-refractivity contribution < 1.29 is 0 Å². The minimum Gasteiger partial charge on any atom is -0.297 e. The van der Waals surface area contributed by atoms with E-state index in [2.05, 4.69) is 57.5 Å². The lowest BCUT2D eigenvalue weighted by Crippen LogP contribution is -1.90. The van der Waals surface area contributed by atoms with Gasteiger partial charge in [0.25, 0.3) is 0 Å². The van der Waals surface area contributed by atoms with Crippen LogP contribution >= 0.6 is 47.5 Å². The maximum absolute atomic E-state index is 4.49. The molecule has 0 bridgehead atoms. The third-order valence-corrected chi connectivity index (χ3v) is 6.42. The highest BCUT2D eigenvalue weighted by molar-refractivity contribution is 7.18. The Kier molecular flexibility index (Phi) is 5.83. The Bertz CT molecular complexity index is 1420. The van der Waals surface area contributed by atoms with Crippen LogP contribution in [0, 0.1) is 0 Å². The van der Waals surface area contributed by atoms with Crippen LogP contribution in [0.5, 0.6) is 0 Å². The molecule has 0 aliphatic carbocycles. The van der Waals surface area contributed by atoms with Crippen molar-refractivity contribution in [3.05, 3.63) is 54.4 Å². The number of hydrogen-bond acceptors (Lipinski definition) is 8. The SMILES string of the molecule is Cl.Cl.c1csc(-c2cnc3ccc(-c4cn[nH]c4-c4ccc(-c5nn[nH]n5)s4)cn23)n1. The topological polar surface area (TPSA) is 113 Å². The van der Waals surface area contributed by atoms with Gasteiger partial charge in [-0.2, -0.15) is 10.3 Å². The molecular formula is C18H13Cl2N9S2. The van der Waals surface area contributed by atoms with Crippen molar-refractivity contribution in [1.82, 2.24) is 45.2 Å². The summed E-state index contributed by atoms with van der Waals surface area (Å²) in [6.07, 6.45) is 7.56. The number of pyridine rings is 1. The summed E-state index contributed by atoms with van der Waals surface area (Å²) in [5, 5.41) is 24.5. The predicted molar refractivity (Wildman–Crippen MR) is 125 cm³/mol. The van der Waals surface area contributed by atoms with Crippen LogP contribution in [0.4, 0.5) is 0 Å². The first-order valence-corrected chi connectivity index (χ1v) is 10.3. The monoisotopic (exact) mass is 489 g/mol. The summed E-state index contributed by atoms with van der Waals surface area (Å²) in [4.78, 5) is 10.9. The molecule has 6 aromatic rings. The number of aromatic nitrogens is 9. The molecule has 0 saturated carbocycles. The lowest BCUT2D eigenvalue weighted by atomic mass is 10.1. The van der Waals surface area contributed by atoms with Gasteiger partial charge < -0.3 is 0 Å². The average molecular weight is 490 g/mol. The summed E-state index contributed by atoms with van der Waals surface area (Å²) in [5.41, 5.74) is 4.83. The van der Waals surface area contributed by atoms with E-state index < -0.39 is 0 Å². The number of tetrazole rings is 1. The van der Waals surface area contributed by atoms with Gasteiger partial charge in [0.2, 0.25) is 5.82 Å². The number of halogens is 2. The third-order valence-electron chi connectivity index (χ3n) is 4.53. The summed E-state index contributed by atoms with van der Waals surface area (Å²) in [7, 11) is 0. The highest BCUT2D eigenvalue weighted by Gasteiger charge is 2.16. The highest BCUT2D eigenvalue weighted by Crippen LogP contribution is 2.37. The number of thiophene rings is 1. The molecule has 0 amide bonds. The van der Waals surface area contributed by atoms with E-state index >= 15 is 0 Å². The molecule has 0 atom stereocenters. The Morgan fingerprint density at radius 2 is 1.87 bits per heavy atom. The molecule has 0 aliphatic rings. The number of rotatable bonds is 4. The fourth-order valence-corrected chi connectivity index (χ4v) is 4.79. The Morgan fingerprint density at radius 1 is 0.968 bits per heavy atom. The van der Waals surface area contributed by atoms with Crippen LogP contribution in [0.2, 0.25) is 0 Å². The molecule has 0 unspecified atom stereocenters. The smallest absolute Gasteiger partial charge is 0.214 e. The van der Waals surface area contributed by atoms with Crippen molar-refractivity contribution in [2.75, 3.05) is 0 Å². The first kappa shape index (κ1) is 21.1. The number of imidazole rings is 1. The lowest BCUT2D eigenvalue weighted by molar-refractivity contribution is 0.881. The standard InChI is InChI=1S/C18H11N9S2.2ClH/c1-4-15-20-8-12(18-19-5-6-28-18)27(15)9-10(1)11-7-21-22-16(11)13-2-3-14(29-13)17-23-25-26-24-17;;/h1-9H,(H,21,22)(H,23,24,25,26);2*1H. The van der Waals surface area contributed by atoms with Gasteiger partial charge >= 0.3 is 0 Å². The van der Waals surface area contributed by atoms with Gasteiger partial charge in [0.1, 0.15) is 16.3 Å². The van der Waals surface area contributed by atoms with Gasteiger partial charge in [0, 0.05) is 28.9 Å². The van der Waals surface area contributed by atoms with Gasteiger partial charge in [-0.25, -0.2) is 9.97 Å². The van der Waals surface area contributed by atoms with Crippen molar-refractivity contribution >= 4 is 53.1 Å². The summed E-state index contributed by atoms with van der Waals surface area (Å²) in [6, 6.07) is 8.07. The van der Waals surface area contributed by atoms with E-state index in [1.54, 1.807) is 28.9 Å². The minimum absolute atomic E-state index is 0. The van der Waals surface area contributed by atoms with Crippen LogP contribution in [0.15, 0.2) is 54.4 Å². The second kappa shape index (κ2) is 8.55. The number of thiazole rings is 1. The van der Waals surface area contributed by atoms with Crippen molar-refractivity contribution in [2.45, 2.75) is 0 Å². The molecule has 6 rings (SSSR count). The number of hydrogen-bond donors (Lipinski definition) is 2. The van der Waals surface area contributed by atoms with Gasteiger partial charge in [-0.3, -0.25) is 9.50 Å². The zero-order valence-electron chi connectivity index (χ0n) is 15.5. The first-order valence-electron chi connectivity index (χ1n) is 8.61. The molecule has 13 heteroatoms. The minimum atomic E-state index is 0. The molecule has 31 heavy (non-hydrogen) atoms. The summed E-state index contributed by atoms with van der Waals surface area (Å²) >= 11 is 3.17. The van der Waals surface area contributed by atoms with E-state index in [1.165, 1.54) is 0 Å². The van der Waals surface area contributed by atoms with E-state index in [4.69, 9.17) is 0 Å². The molecule has 0 spiro atoms. The van der Waals surface area contributed by atoms with E-state index in [0.717, 1.165) is 42.9 Å². The molecule has 0 radical (unpaired) electrons. The molecule has 0 aromatic carbocycles. The van der Waals surface area contributed by atoms with Gasteiger partial charge in [0.05, 0.1) is 27.8 Å². The molecule has 0 fully saturated rings. The maximum atomic E-state index is 4.49. The number of nitrogens with one attached hydrogen (secondary N) is 2. The molecule has 0 saturated heterocycles. The Balaban J connectivity index is 0.00000116. The van der Waals surface area contributed by atoms with Crippen LogP contribution in [0.3, 0.4) is 0 Å².